The summed E-state index contributed by atoms with van der Waals surface area (Å²) >= 11 is 0. The fourth-order valence-corrected chi connectivity index (χ4v) is 2.46. The Bertz CT molecular complexity index is 296. The molecule has 2 bridgehead atoms. The maximum Gasteiger partial charge on any atom is 0.0237 e. The predicted octanol–water partition coefficient (Wildman–Crippen LogP) is 2.30. The molecule has 0 spiro atoms. The summed E-state index contributed by atoms with van der Waals surface area (Å²) in [6.07, 6.45) is 2.99. The molecule has 3 fully saturated rings. The molecule has 0 aliphatic heterocycles. The Labute approximate surface area is 77.8 Å². The van der Waals surface area contributed by atoms with Gasteiger partial charge in [-0.3, -0.25) is 0 Å². The van der Waals surface area contributed by atoms with E-state index in [1.165, 1.54) is 0 Å². The second-order valence-electron chi connectivity index (χ2n) is 4.21. The summed E-state index contributed by atoms with van der Waals surface area (Å²) in [7, 11) is 0. The Kier molecular flexibility index (Phi) is 0.615. The van der Waals surface area contributed by atoms with Crippen LogP contribution in [0.25, 0.3) is 0 Å². The Balaban J connectivity index is 2.56. The summed E-state index contributed by atoms with van der Waals surface area (Å²) in [4.78, 5) is 0. The van der Waals surface area contributed by atoms with E-state index in [9.17, 15) is 0 Å². The van der Waals surface area contributed by atoms with E-state index in [1.807, 2.05) is 0 Å². The van der Waals surface area contributed by atoms with Crippen LogP contribution in [0.2, 0.25) is 0 Å². The second kappa shape index (κ2) is 2.01. The second-order valence-corrected chi connectivity index (χ2v) is 4.21. The minimum absolute atomic E-state index is 0.210. The average Bonchev–Trinajstić information content (AvgIpc) is 2.14. The summed E-state index contributed by atoms with van der Waals surface area (Å²) < 4.78 is 46.2. The smallest absolute Gasteiger partial charge is 0.0237 e. The van der Waals surface area contributed by atoms with Crippen LogP contribution in [-0.2, 0) is 0 Å². The lowest BCUT2D eigenvalue weighted by Gasteiger charge is -2.55. The highest BCUT2D eigenvalue weighted by Crippen LogP contribution is 2.53. The van der Waals surface area contributed by atoms with Crippen LogP contribution in [0, 0.1) is 11.3 Å². The van der Waals surface area contributed by atoms with Crippen molar-refractivity contribution >= 4 is 0 Å². The van der Waals surface area contributed by atoms with Crippen molar-refractivity contribution in [1.29, 1.82) is 0 Å². The van der Waals surface area contributed by atoms with Crippen molar-refractivity contribution in [2.24, 2.45) is 17.1 Å². The molecule has 0 aromatic rings. The van der Waals surface area contributed by atoms with Crippen LogP contribution in [0.1, 0.15) is 54.0 Å². The number of nitrogens with two attached hydrogens (primary N) is 1. The van der Waals surface area contributed by atoms with Crippen LogP contribution in [0.15, 0.2) is 0 Å². The minimum Gasteiger partial charge on any atom is -0.325 e. The fraction of sp³-hybridized carbons (Fsp3) is 1.00. The van der Waals surface area contributed by atoms with Gasteiger partial charge >= 0.3 is 0 Å². The predicted molar refractivity (Wildman–Crippen MR) is 47.3 cm³/mol. The van der Waals surface area contributed by atoms with Crippen molar-refractivity contribution in [3.8, 4) is 0 Å². The van der Waals surface area contributed by atoms with Gasteiger partial charge in [-0.05, 0) is 43.4 Å². The highest BCUT2D eigenvalue weighted by Gasteiger charge is 2.49. The van der Waals surface area contributed by atoms with Crippen molar-refractivity contribution in [3.05, 3.63) is 0 Å². The molecule has 64 valence electrons. The molecule has 0 unspecified atom stereocenters. The lowest BCUT2D eigenvalue weighted by molar-refractivity contribution is 0.00328. The van der Waals surface area contributed by atoms with Gasteiger partial charge in [0.1, 0.15) is 0 Å². The summed E-state index contributed by atoms with van der Waals surface area (Å²) in [6, 6.07) is 0. The zero-order valence-corrected chi connectivity index (χ0v) is 6.69. The summed E-state index contributed by atoms with van der Waals surface area (Å²) in [6.45, 7) is -5.04. The molecule has 0 aromatic carbocycles. The Hall–Kier alpha value is -0.0400. The van der Waals surface area contributed by atoms with E-state index in [2.05, 4.69) is 0 Å². The van der Waals surface area contributed by atoms with Gasteiger partial charge in [-0.2, -0.15) is 0 Å². The topological polar surface area (TPSA) is 26.0 Å². The van der Waals surface area contributed by atoms with E-state index in [4.69, 9.17) is 14.0 Å². The van der Waals surface area contributed by atoms with E-state index in [0.29, 0.717) is 12.8 Å². The quantitative estimate of drug-likeness (QED) is 0.576. The van der Waals surface area contributed by atoms with Crippen LogP contribution in [0.4, 0.5) is 0 Å². The first-order valence-electron chi connectivity index (χ1n) is 7.32. The van der Waals surface area contributed by atoms with E-state index in [0.717, 1.165) is 12.8 Å². The molecule has 11 heavy (non-hydrogen) atoms. The fourth-order valence-electron chi connectivity index (χ4n) is 2.46. The molecule has 3 saturated carbocycles. The van der Waals surface area contributed by atoms with Crippen molar-refractivity contribution < 1.29 is 8.22 Å². The van der Waals surface area contributed by atoms with Crippen LogP contribution in [0.5, 0.6) is 0 Å². The lowest BCUT2D eigenvalue weighted by atomic mass is 9.53. The van der Waals surface area contributed by atoms with Crippen molar-refractivity contribution in [3.63, 3.8) is 0 Å². The van der Waals surface area contributed by atoms with Gasteiger partial charge in [-0.25, -0.2) is 0 Å². The molecule has 0 amide bonds. The maximum absolute atomic E-state index is 7.70. The Morgan fingerprint density at radius 3 is 2.36 bits per heavy atom. The molecule has 0 atom stereocenters. The zero-order chi connectivity index (χ0) is 13.1. The molecule has 2 N–H and O–H groups in total. The standard InChI is InChI=1S/C10H19N/c1-9(2)7-8-3-5-10(9,11)6-4-8/h8H,3-7,11H2,1-2H3/i1D3,2D3. The highest BCUT2D eigenvalue weighted by molar-refractivity contribution is 5.06. The Morgan fingerprint density at radius 1 is 1.36 bits per heavy atom. The number of hydrogen-bond donors (Lipinski definition) is 1. The molecule has 1 nitrogen and oxygen atoms in total. The first-order chi connectivity index (χ1) is 7.54. The van der Waals surface area contributed by atoms with E-state index >= 15 is 0 Å². The summed E-state index contributed by atoms with van der Waals surface area (Å²) in [5.74, 6) is 0.210. The van der Waals surface area contributed by atoms with Crippen LogP contribution >= 0.6 is 0 Å². The molecular formula is C10H19N. The normalized spacial score (nSPS) is 58.1. The first kappa shape index (κ1) is 3.37. The number of rotatable bonds is 0. The minimum atomic E-state index is -2.52. The van der Waals surface area contributed by atoms with Gasteiger partial charge in [0, 0.05) is 13.8 Å². The number of fused-ring (bicyclic) bond motifs is 3. The number of hydrogen-bond acceptors (Lipinski definition) is 1. The lowest BCUT2D eigenvalue weighted by Crippen LogP contribution is -2.59. The molecular weight excluding hydrogens is 134 g/mol. The van der Waals surface area contributed by atoms with Gasteiger partial charge in [0.05, 0.1) is 0 Å². The first-order valence-corrected chi connectivity index (χ1v) is 4.32. The van der Waals surface area contributed by atoms with Gasteiger partial charge in [0.15, 0.2) is 0 Å². The van der Waals surface area contributed by atoms with Gasteiger partial charge in [0.2, 0.25) is 0 Å². The molecule has 3 rings (SSSR count). The van der Waals surface area contributed by atoms with E-state index in [-0.39, 0.29) is 12.3 Å². The molecule has 1 heteroatoms. The summed E-state index contributed by atoms with van der Waals surface area (Å²) in [5, 5.41) is 0. The van der Waals surface area contributed by atoms with Crippen molar-refractivity contribution in [2.45, 2.75) is 51.3 Å². The van der Waals surface area contributed by atoms with Gasteiger partial charge < -0.3 is 5.73 Å². The third-order valence-corrected chi connectivity index (χ3v) is 3.44. The third-order valence-electron chi connectivity index (χ3n) is 3.44. The van der Waals surface area contributed by atoms with Crippen LogP contribution < -0.4 is 5.73 Å². The molecule has 0 heterocycles. The Morgan fingerprint density at radius 2 is 2.00 bits per heavy atom. The van der Waals surface area contributed by atoms with Gasteiger partial charge in [-0.1, -0.05) is 13.7 Å². The average molecular weight is 159 g/mol. The van der Waals surface area contributed by atoms with E-state index in [1.54, 1.807) is 0 Å². The van der Waals surface area contributed by atoms with Gasteiger partial charge in [-0.15, -0.1) is 0 Å². The highest BCUT2D eigenvalue weighted by atomic mass is 14.8. The van der Waals surface area contributed by atoms with Crippen molar-refractivity contribution in [2.75, 3.05) is 0 Å². The third kappa shape index (κ3) is 0.936. The zero-order valence-electron chi connectivity index (χ0n) is 12.7. The summed E-state index contributed by atoms with van der Waals surface area (Å²) in [5.41, 5.74) is 3.46. The van der Waals surface area contributed by atoms with Gasteiger partial charge in [0.25, 0.3) is 0 Å². The molecule has 0 saturated heterocycles. The van der Waals surface area contributed by atoms with E-state index < -0.39 is 24.7 Å². The molecule has 0 radical (unpaired) electrons. The SMILES string of the molecule is [2H]C([2H])([2H])C1(C([2H])([2H])[2H])CC2CCC1(N)CC2. The monoisotopic (exact) mass is 159 g/mol. The largest absolute Gasteiger partial charge is 0.325 e. The molecule has 3 aliphatic rings. The molecule has 3 aliphatic carbocycles. The van der Waals surface area contributed by atoms with Crippen LogP contribution in [-0.4, -0.2) is 5.54 Å². The van der Waals surface area contributed by atoms with Crippen molar-refractivity contribution in [1.82, 2.24) is 0 Å². The maximum atomic E-state index is 7.70. The molecule has 0 aromatic heterocycles. The van der Waals surface area contributed by atoms with Crippen LogP contribution in [0.3, 0.4) is 0 Å².